The normalized spacial score (nSPS) is 16.5. The first kappa shape index (κ1) is 15.0. The summed E-state index contributed by atoms with van der Waals surface area (Å²) in [5, 5.41) is 16.8. The van der Waals surface area contributed by atoms with Crippen LogP contribution in [-0.4, -0.2) is 17.8 Å². The molecular weight excluding hydrogens is 218 g/mol. The van der Waals surface area contributed by atoms with E-state index in [-0.39, 0.29) is 11.4 Å². The Bertz CT molecular complexity index is 299. The fourth-order valence-corrected chi connectivity index (χ4v) is 1.75. The van der Waals surface area contributed by atoms with Gasteiger partial charge >= 0.3 is 0 Å². The molecule has 6 N–H and O–H groups in total. The van der Waals surface area contributed by atoms with E-state index in [1.807, 2.05) is 0 Å². The fraction of sp³-hybridized carbons (Fsp3) is 0.545. The van der Waals surface area contributed by atoms with Crippen LogP contribution in [0.5, 0.6) is 0 Å². The topological polar surface area (TPSA) is 129 Å². The standard InChI is InChI=1S/C10H18N4O.CHN/c11-9(12)8(10(13)15)6-14-7-4-2-1-3-5-7;1-2/h6-7,14H,1-5H2,(H3,11,12)(H2,13,15);1H/b8-6+;. The summed E-state index contributed by atoms with van der Waals surface area (Å²) >= 11 is 0. The van der Waals surface area contributed by atoms with Crippen molar-refractivity contribution in [1.82, 2.24) is 5.32 Å². The molecule has 17 heavy (non-hydrogen) atoms. The smallest absolute Gasteiger partial charge is 0.253 e. The average molecular weight is 237 g/mol. The summed E-state index contributed by atoms with van der Waals surface area (Å²) in [6, 6.07) is 0.382. The SMILES string of the molecule is C#N.N=C(N)/C(=C\NC1CCCCC1)C(N)=O. The molecule has 1 fully saturated rings. The number of primary amides is 1. The van der Waals surface area contributed by atoms with Gasteiger partial charge in [0.2, 0.25) is 0 Å². The van der Waals surface area contributed by atoms with E-state index in [9.17, 15) is 4.79 Å². The highest BCUT2D eigenvalue weighted by atomic mass is 16.1. The molecule has 6 heteroatoms. The summed E-state index contributed by atoms with van der Waals surface area (Å²) in [5.74, 6) is -0.948. The molecule has 0 radical (unpaired) electrons. The molecule has 0 aromatic carbocycles. The summed E-state index contributed by atoms with van der Waals surface area (Å²) < 4.78 is 0. The van der Waals surface area contributed by atoms with Crippen LogP contribution in [0.2, 0.25) is 0 Å². The number of nitrogens with one attached hydrogen (secondary N) is 2. The minimum Gasteiger partial charge on any atom is -0.387 e. The van der Waals surface area contributed by atoms with Crippen molar-refractivity contribution in [3.05, 3.63) is 11.8 Å². The summed E-state index contributed by atoms with van der Waals surface area (Å²) in [5.41, 5.74) is 10.4. The second kappa shape index (κ2) is 8.16. The summed E-state index contributed by atoms with van der Waals surface area (Å²) in [6.07, 6.45) is 7.35. The first-order valence-electron chi connectivity index (χ1n) is 5.47. The van der Waals surface area contributed by atoms with E-state index >= 15 is 0 Å². The van der Waals surface area contributed by atoms with E-state index in [4.69, 9.17) is 22.1 Å². The summed E-state index contributed by atoms with van der Waals surface area (Å²) in [7, 11) is 0. The van der Waals surface area contributed by atoms with Gasteiger partial charge in [0.1, 0.15) is 5.84 Å². The zero-order chi connectivity index (χ0) is 13.3. The molecule has 0 aromatic heterocycles. The van der Waals surface area contributed by atoms with E-state index in [2.05, 4.69) is 11.9 Å². The predicted octanol–water partition coefficient (Wildman–Crippen LogP) is 0.354. The van der Waals surface area contributed by atoms with E-state index in [0.29, 0.717) is 6.04 Å². The van der Waals surface area contributed by atoms with Crippen molar-refractivity contribution < 1.29 is 4.79 Å². The third-order valence-corrected chi connectivity index (χ3v) is 2.62. The number of carbonyl (C=O) groups excluding carboxylic acids is 1. The number of nitrogens with zero attached hydrogens (tertiary/aromatic N) is 1. The lowest BCUT2D eigenvalue weighted by Gasteiger charge is -2.22. The lowest BCUT2D eigenvalue weighted by molar-refractivity contribution is -0.114. The maximum Gasteiger partial charge on any atom is 0.253 e. The lowest BCUT2D eigenvalue weighted by atomic mass is 9.95. The van der Waals surface area contributed by atoms with Gasteiger partial charge in [-0.3, -0.25) is 10.2 Å². The van der Waals surface area contributed by atoms with Crippen LogP contribution in [-0.2, 0) is 4.79 Å². The number of hydrogen-bond donors (Lipinski definition) is 4. The van der Waals surface area contributed by atoms with Gasteiger partial charge in [-0.2, -0.15) is 0 Å². The molecule has 0 atom stereocenters. The number of nitrogens with two attached hydrogens (primary N) is 2. The lowest BCUT2D eigenvalue weighted by Crippen LogP contribution is -2.31. The Balaban J connectivity index is 0.00000121. The monoisotopic (exact) mass is 237 g/mol. The van der Waals surface area contributed by atoms with E-state index in [1.165, 1.54) is 25.5 Å². The summed E-state index contributed by atoms with van der Waals surface area (Å²) in [4.78, 5) is 10.9. The molecule has 0 aliphatic heterocycles. The third kappa shape index (κ3) is 5.56. The minimum atomic E-state index is -0.661. The van der Waals surface area contributed by atoms with Gasteiger partial charge in [0.15, 0.2) is 0 Å². The van der Waals surface area contributed by atoms with Crippen LogP contribution in [0, 0.1) is 17.2 Å². The molecule has 1 aliphatic rings. The maximum absolute atomic E-state index is 10.9. The van der Waals surface area contributed by atoms with E-state index in [1.54, 1.807) is 0 Å². The number of carbonyl (C=O) groups is 1. The van der Waals surface area contributed by atoms with Crippen molar-refractivity contribution in [2.24, 2.45) is 11.5 Å². The van der Waals surface area contributed by atoms with Crippen molar-refractivity contribution in [3.63, 3.8) is 0 Å². The highest BCUT2D eigenvalue weighted by molar-refractivity contribution is 6.18. The van der Waals surface area contributed by atoms with Crippen LogP contribution < -0.4 is 16.8 Å². The van der Waals surface area contributed by atoms with Gasteiger partial charge in [0.05, 0.1) is 5.57 Å². The van der Waals surface area contributed by atoms with Crippen LogP contribution in [0.4, 0.5) is 0 Å². The zero-order valence-electron chi connectivity index (χ0n) is 9.78. The summed E-state index contributed by atoms with van der Waals surface area (Å²) in [6.45, 7) is 3.50. The molecule has 0 heterocycles. The number of amides is 1. The molecule has 0 spiro atoms. The average Bonchev–Trinajstić information content (AvgIpc) is 2.32. The van der Waals surface area contributed by atoms with Crippen molar-refractivity contribution in [1.29, 1.82) is 10.7 Å². The maximum atomic E-state index is 10.9. The quantitative estimate of drug-likeness (QED) is 0.319. The molecule has 6 nitrogen and oxygen atoms in total. The highest BCUT2D eigenvalue weighted by Crippen LogP contribution is 2.17. The molecule has 1 rings (SSSR count). The number of rotatable bonds is 4. The largest absolute Gasteiger partial charge is 0.387 e. The molecular formula is C11H19N5O. The zero-order valence-corrected chi connectivity index (χ0v) is 9.78. The minimum absolute atomic E-state index is 0.0561. The van der Waals surface area contributed by atoms with Crippen LogP contribution in [0.25, 0.3) is 0 Å². The third-order valence-electron chi connectivity index (χ3n) is 2.62. The Kier molecular flexibility index (Phi) is 7.19. The van der Waals surface area contributed by atoms with Gasteiger partial charge in [-0.1, -0.05) is 19.3 Å². The predicted molar refractivity (Wildman–Crippen MR) is 65.9 cm³/mol. The second-order valence-electron chi connectivity index (χ2n) is 3.84. The van der Waals surface area contributed by atoms with Crippen molar-refractivity contribution in [2.45, 2.75) is 38.1 Å². The van der Waals surface area contributed by atoms with Gasteiger partial charge in [0.25, 0.3) is 5.91 Å². The molecule has 1 aliphatic carbocycles. The number of nitriles is 1. The van der Waals surface area contributed by atoms with Crippen molar-refractivity contribution >= 4 is 11.7 Å². The van der Waals surface area contributed by atoms with Crippen LogP contribution in [0.1, 0.15) is 32.1 Å². The van der Waals surface area contributed by atoms with Crippen molar-refractivity contribution in [2.75, 3.05) is 0 Å². The Morgan fingerprint density at radius 1 is 1.29 bits per heavy atom. The number of amidine groups is 1. The van der Waals surface area contributed by atoms with Crippen LogP contribution in [0.3, 0.4) is 0 Å². The Hall–Kier alpha value is -2.03. The Morgan fingerprint density at radius 2 is 1.82 bits per heavy atom. The molecule has 1 amide bonds. The van der Waals surface area contributed by atoms with Crippen LogP contribution >= 0.6 is 0 Å². The Morgan fingerprint density at radius 3 is 2.24 bits per heavy atom. The van der Waals surface area contributed by atoms with E-state index < -0.39 is 5.91 Å². The van der Waals surface area contributed by atoms with Gasteiger partial charge < -0.3 is 16.8 Å². The molecule has 94 valence electrons. The van der Waals surface area contributed by atoms with Gasteiger partial charge in [-0.05, 0) is 12.8 Å². The molecule has 1 saturated carbocycles. The van der Waals surface area contributed by atoms with Gasteiger partial charge in [-0.15, -0.1) is 0 Å². The Labute approximate surface area is 101 Å². The molecule has 0 bridgehead atoms. The number of hydrogen-bond acceptors (Lipinski definition) is 4. The molecule has 0 saturated heterocycles. The van der Waals surface area contributed by atoms with E-state index in [0.717, 1.165) is 12.8 Å². The highest BCUT2D eigenvalue weighted by Gasteiger charge is 2.13. The van der Waals surface area contributed by atoms with Gasteiger partial charge in [-0.25, -0.2) is 5.26 Å². The first-order chi connectivity index (χ1) is 8.11. The van der Waals surface area contributed by atoms with Crippen molar-refractivity contribution in [3.8, 4) is 6.57 Å². The molecule has 0 aromatic rings. The fourth-order valence-electron chi connectivity index (χ4n) is 1.75. The first-order valence-corrected chi connectivity index (χ1v) is 5.47. The van der Waals surface area contributed by atoms with Gasteiger partial charge in [0, 0.05) is 18.8 Å². The second-order valence-corrected chi connectivity index (χ2v) is 3.84. The van der Waals surface area contributed by atoms with Crippen LogP contribution in [0.15, 0.2) is 11.8 Å². The molecule has 0 unspecified atom stereocenters.